The second-order valence-electron chi connectivity index (χ2n) is 12.3. The first-order valence-electron chi connectivity index (χ1n) is 17.1. The SMILES string of the molecule is CC(=O)c1ncc(C(=O)Nc2cc(C(F)(F)F)c(Cl)cn2)s1.COc1ccc(C(N=C(C)c2ncc(C(=O)Nc3cc(C(F)(F)F)c(Cl)cn3)s2)c2ccc(OC)cc2)cc1. The largest absolute Gasteiger partial charge is 0.497 e. The van der Waals surface area contributed by atoms with Crippen molar-refractivity contribution in [3.05, 3.63) is 138 Å². The Morgan fingerprint density at radius 2 is 1.03 bits per heavy atom. The van der Waals surface area contributed by atoms with Crippen LogP contribution in [0.1, 0.15) is 76.3 Å². The van der Waals surface area contributed by atoms with Crippen LogP contribution in [-0.4, -0.2) is 57.5 Å². The van der Waals surface area contributed by atoms with Gasteiger partial charge in [-0.15, -0.1) is 22.7 Å². The number of aliphatic imine (C=N–C) groups is 1. The molecule has 2 aromatic carbocycles. The van der Waals surface area contributed by atoms with Gasteiger partial charge in [0.25, 0.3) is 11.8 Å². The Labute approximate surface area is 360 Å². The number of carbonyl (C=O) groups is 3. The average Bonchev–Trinajstić information content (AvgIpc) is 3.93. The average molecular weight is 925 g/mol. The third-order valence-electron chi connectivity index (χ3n) is 8.06. The summed E-state index contributed by atoms with van der Waals surface area (Å²) in [6, 6.07) is 16.0. The Balaban J connectivity index is 0.000000271. The van der Waals surface area contributed by atoms with E-state index < -0.39 is 45.3 Å². The van der Waals surface area contributed by atoms with E-state index in [2.05, 4.69) is 30.6 Å². The molecule has 2 amide bonds. The lowest BCUT2D eigenvalue weighted by Crippen LogP contribution is -2.13. The lowest BCUT2D eigenvalue weighted by Gasteiger charge is -2.16. The number of anilines is 2. The third kappa shape index (κ3) is 12.1. The fourth-order valence-corrected chi connectivity index (χ4v) is 6.95. The topological polar surface area (TPSA) is 158 Å². The first-order chi connectivity index (χ1) is 28.8. The van der Waals surface area contributed by atoms with Crippen LogP contribution >= 0.6 is 45.9 Å². The number of hydrogen-bond donors (Lipinski definition) is 2. The second-order valence-corrected chi connectivity index (χ2v) is 15.2. The Bertz CT molecular complexity index is 2520. The van der Waals surface area contributed by atoms with E-state index in [1.165, 1.54) is 13.1 Å². The summed E-state index contributed by atoms with van der Waals surface area (Å²) in [5, 5.41) is 4.04. The van der Waals surface area contributed by atoms with Crippen LogP contribution in [0.4, 0.5) is 38.0 Å². The summed E-state index contributed by atoms with van der Waals surface area (Å²) in [5.41, 5.74) is 0.187. The van der Waals surface area contributed by atoms with Gasteiger partial charge in [0.15, 0.2) is 10.8 Å². The van der Waals surface area contributed by atoms with Crippen LogP contribution in [0.25, 0.3) is 0 Å². The number of benzene rings is 2. The quantitative estimate of drug-likeness (QED) is 0.0733. The second kappa shape index (κ2) is 19.6. The highest BCUT2D eigenvalue weighted by molar-refractivity contribution is 7.16. The monoisotopic (exact) mass is 923 g/mol. The number of carbonyl (C=O) groups excluding carboxylic acids is 3. The summed E-state index contributed by atoms with van der Waals surface area (Å²) in [6.45, 7) is 3.06. The Kier molecular flexibility index (Phi) is 14.8. The molecule has 6 rings (SSSR count). The maximum atomic E-state index is 13.1. The van der Waals surface area contributed by atoms with E-state index in [1.807, 2.05) is 48.5 Å². The van der Waals surface area contributed by atoms with Gasteiger partial charge >= 0.3 is 12.4 Å². The standard InChI is InChI=1S/C27H22ClF3N4O3S.C12H7ClF3N3O2S/c1-15(34-24(16-4-8-18(37-2)9-5-16)17-6-10-19(38-3)11-7-17)26-33-14-22(39-26)25(36)35-23-12-20(27(29,30)31)21(28)13-32-23;1-5(20)11-18-4-8(22-11)10(21)19-9-2-6(12(14,15)16)7(13)3-17-9/h4-14,24H,1-3H3,(H,32,35,36);2-4H,1H3,(H,17,19,21). The smallest absolute Gasteiger partial charge is 0.418 e. The number of pyridine rings is 2. The lowest BCUT2D eigenvalue weighted by atomic mass is 9.99. The van der Waals surface area contributed by atoms with Crippen LogP contribution in [-0.2, 0) is 12.4 Å². The van der Waals surface area contributed by atoms with E-state index in [0.717, 1.165) is 52.4 Å². The van der Waals surface area contributed by atoms with Gasteiger partial charge in [-0.3, -0.25) is 19.4 Å². The fourth-order valence-electron chi connectivity index (χ4n) is 5.06. The van der Waals surface area contributed by atoms with Crippen molar-refractivity contribution in [1.29, 1.82) is 0 Å². The van der Waals surface area contributed by atoms with E-state index >= 15 is 0 Å². The predicted octanol–water partition coefficient (Wildman–Crippen LogP) is 10.7. The lowest BCUT2D eigenvalue weighted by molar-refractivity contribution is -0.138. The molecule has 0 saturated heterocycles. The number of halogens is 8. The van der Waals surface area contributed by atoms with Crippen LogP contribution in [0, 0.1) is 0 Å². The van der Waals surface area contributed by atoms with Gasteiger partial charge < -0.3 is 20.1 Å². The number of rotatable bonds is 11. The van der Waals surface area contributed by atoms with Gasteiger partial charge in [-0.1, -0.05) is 47.5 Å². The normalized spacial score (nSPS) is 11.7. The maximum Gasteiger partial charge on any atom is 0.418 e. The van der Waals surface area contributed by atoms with Crippen molar-refractivity contribution in [2.75, 3.05) is 24.9 Å². The number of amides is 2. The molecule has 4 heterocycles. The molecule has 0 aliphatic heterocycles. The predicted molar refractivity (Wildman–Crippen MR) is 219 cm³/mol. The Morgan fingerprint density at radius 1 is 0.639 bits per heavy atom. The van der Waals surface area contributed by atoms with Gasteiger partial charge in [0, 0.05) is 19.3 Å². The fraction of sp³-hybridized carbons (Fsp3) is 0.179. The minimum absolute atomic E-state index is 0.0792. The highest BCUT2D eigenvalue weighted by Crippen LogP contribution is 2.37. The van der Waals surface area contributed by atoms with Crippen LogP contribution in [0.15, 0.2) is 90.4 Å². The number of alkyl halides is 6. The maximum absolute atomic E-state index is 13.1. The van der Waals surface area contributed by atoms with Crippen molar-refractivity contribution in [2.24, 2.45) is 4.99 Å². The van der Waals surface area contributed by atoms with E-state index in [0.29, 0.717) is 34.4 Å². The molecule has 0 bridgehead atoms. The summed E-state index contributed by atoms with van der Waals surface area (Å²) in [7, 11) is 3.18. The zero-order valence-electron chi connectivity index (χ0n) is 31.8. The molecule has 0 atom stereocenters. The van der Waals surface area contributed by atoms with Crippen molar-refractivity contribution in [3.63, 3.8) is 0 Å². The summed E-state index contributed by atoms with van der Waals surface area (Å²) >= 11 is 12.9. The summed E-state index contributed by atoms with van der Waals surface area (Å²) in [4.78, 5) is 56.3. The van der Waals surface area contributed by atoms with Gasteiger partial charge in [-0.05, 0) is 54.4 Å². The number of nitrogens with one attached hydrogen (secondary N) is 2. The molecule has 318 valence electrons. The molecule has 22 heteroatoms. The molecule has 2 N–H and O–H groups in total. The van der Waals surface area contributed by atoms with E-state index in [-0.39, 0.29) is 38.2 Å². The Morgan fingerprint density at radius 3 is 1.39 bits per heavy atom. The van der Waals surface area contributed by atoms with Crippen LogP contribution in [0.2, 0.25) is 10.0 Å². The minimum atomic E-state index is -4.69. The van der Waals surface area contributed by atoms with E-state index in [9.17, 15) is 40.7 Å². The molecular weight excluding hydrogens is 896 g/mol. The van der Waals surface area contributed by atoms with Crippen molar-refractivity contribution >= 4 is 80.8 Å². The first kappa shape index (κ1) is 46.1. The summed E-state index contributed by atoms with van der Waals surface area (Å²) in [6.07, 6.45) is -5.20. The number of nitrogens with zero attached hydrogens (tertiary/aromatic N) is 5. The molecule has 6 aromatic rings. The van der Waals surface area contributed by atoms with E-state index in [1.54, 1.807) is 21.1 Å². The molecule has 4 aromatic heterocycles. The first-order valence-corrected chi connectivity index (χ1v) is 19.5. The van der Waals surface area contributed by atoms with Crippen molar-refractivity contribution in [2.45, 2.75) is 32.2 Å². The van der Waals surface area contributed by atoms with Gasteiger partial charge in [-0.25, -0.2) is 19.9 Å². The van der Waals surface area contributed by atoms with E-state index in [4.69, 9.17) is 37.7 Å². The summed E-state index contributed by atoms with van der Waals surface area (Å²) < 4.78 is 88.1. The zero-order valence-corrected chi connectivity index (χ0v) is 34.9. The van der Waals surface area contributed by atoms with Gasteiger partial charge in [-0.2, -0.15) is 26.3 Å². The molecule has 0 fully saturated rings. The molecular formula is C39H29Cl2F6N7O5S2. The number of aromatic nitrogens is 4. The van der Waals surface area contributed by atoms with Crippen LogP contribution < -0.4 is 20.1 Å². The van der Waals surface area contributed by atoms with Gasteiger partial charge in [0.1, 0.15) is 43.9 Å². The number of methoxy groups -OCH3 is 2. The number of thiazole rings is 2. The molecule has 0 aliphatic carbocycles. The molecule has 61 heavy (non-hydrogen) atoms. The molecule has 0 unspecified atom stereocenters. The highest BCUT2D eigenvalue weighted by Gasteiger charge is 2.35. The molecule has 12 nitrogen and oxygen atoms in total. The van der Waals surface area contributed by atoms with Crippen molar-refractivity contribution < 1.29 is 50.2 Å². The molecule has 0 radical (unpaired) electrons. The molecule has 0 saturated carbocycles. The molecule has 0 aliphatic rings. The van der Waals surface area contributed by atoms with Gasteiger partial charge in [0.2, 0.25) is 0 Å². The summed E-state index contributed by atoms with van der Waals surface area (Å²) in [5.74, 6) is -0.852. The number of hydrogen-bond acceptors (Lipinski definition) is 12. The van der Waals surface area contributed by atoms with Crippen LogP contribution in [0.3, 0.4) is 0 Å². The van der Waals surface area contributed by atoms with Gasteiger partial charge in [0.05, 0.1) is 53.5 Å². The zero-order chi connectivity index (χ0) is 44.6. The number of ketones is 1. The number of ether oxygens (including phenoxy) is 2. The van der Waals surface area contributed by atoms with Crippen LogP contribution in [0.5, 0.6) is 11.5 Å². The number of Topliss-reactive ketones (excluding diaryl/α,β-unsaturated/α-hetero) is 1. The van der Waals surface area contributed by atoms with Crippen molar-refractivity contribution in [3.8, 4) is 11.5 Å². The molecule has 0 spiro atoms. The Hall–Kier alpha value is -5.96. The highest BCUT2D eigenvalue weighted by atomic mass is 35.5. The minimum Gasteiger partial charge on any atom is -0.497 e. The third-order valence-corrected chi connectivity index (χ3v) is 10.9. The van der Waals surface area contributed by atoms with Crippen molar-refractivity contribution in [1.82, 2.24) is 19.9 Å².